The monoisotopic (exact) mass is 274 g/mol. The van der Waals surface area contributed by atoms with Crippen LogP contribution < -0.4 is 0 Å². The average molecular weight is 275 g/mol. The Hall–Kier alpha value is -1.42. The molecule has 0 amide bonds. The van der Waals surface area contributed by atoms with E-state index in [4.69, 9.17) is 11.6 Å². The summed E-state index contributed by atoms with van der Waals surface area (Å²) in [6, 6.07) is 2.12. The number of aliphatic imine (C=N–C) groups is 1. The number of aromatic nitrogens is 3. The van der Waals surface area contributed by atoms with Crippen molar-refractivity contribution in [2.45, 2.75) is 37.6 Å². The molecule has 2 aliphatic rings. The summed E-state index contributed by atoms with van der Waals surface area (Å²) in [5.74, 6) is 0. The zero-order valence-electron chi connectivity index (χ0n) is 10.6. The molecule has 0 saturated heterocycles. The molecule has 4 nitrogen and oxygen atoms in total. The van der Waals surface area contributed by atoms with Gasteiger partial charge in [0.2, 0.25) is 5.28 Å². The molecular formula is C14H15ClN4. The zero-order chi connectivity index (χ0) is 12.9. The smallest absolute Gasteiger partial charge is 0.224 e. The van der Waals surface area contributed by atoms with Gasteiger partial charge >= 0.3 is 0 Å². The highest BCUT2D eigenvalue weighted by Crippen LogP contribution is 2.40. The maximum Gasteiger partial charge on any atom is 0.224 e. The molecule has 1 aliphatic heterocycles. The number of hydrogen-bond donors (Lipinski definition) is 0. The largest absolute Gasteiger partial charge is 0.316 e. The summed E-state index contributed by atoms with van der Waals surface area (Å²) < 4.78 is 2.36. The van der Waals surface area contributed by atoms with Crippen LogP contribution in [0.3, 0.4) is 0 Å². The molecule has 2 aromatic heterocycles. The summed E-state index contributed by atoms with van der Waals surface area (Å²) in [6.07, 6.45) is 10.00. The second-order valence-corrected chi connectivity index (χ2v) is 5.92. The minimum Gasteiger partial charge on any atom is -0.316 e. The van der Waals surface area contributed by atoms with E-state index in [2.05, 4.69) is 25.6 Å². The fourth-order valence-electron chi connectivity index (χ4n) is 3.55. The van der Waals surface area contributed by atoms with E-state index in [1.807, 2.05) is 6.21 Å². The van der Waals surface area contributed by atoms with Crippen LogP contribution in [0.25, 0.3) is 11.0 Å². The molecule has 0 N–H and O–H groups in total. The molecule has 98 valence electrons. The molecule has 4 rings (SSSR count). The number of hydrogen-bond acceptors (Lipinski definition) is 3. The molecule has 1 saturated carbocycles. The number of rotatable bonds is 0. The lowest BCUT2D eigenvalue weighted by atomic mass is 9.80. The molecule has 1 aliphatic carbocycles. The standard InChI is InChI=1S/C14H15ClN4/c15-13-17-7-10-6-11-8-16-9-14(4-2-1-3-5-14)19(11)12(10)18-13/h6-8H,1-5,9H2. The predicted molar refractivity (Wildman–Crippen MR) is 76.1 cm³/mol. The lowest BCUT2D eigenvalue weighted by molar-refractivity contribution is 0.204. The Morgan fingerprint density at radius 1 is 1.21 bits per heavy atom. The average Bonchev–Trinajstić information content (AvgIpc) is 2.79. The van der Waals surface area contributed by atoms with Crippen molar-refractivity contribution in [1.82, 2.24) is 14.5 Å². The lowest BCUT2D eigenvalue weighted by Gasteiger charge is -2.40. The van der Waals surface area contributed by atoms with Crippen molar-refractivity contribution in [2.75, 3.05) is 6.54 Å². The van der Waals surface area contributed by atoms with Crippen LogP contribution in [0.5, 0.6) is 0 Å². The highest BCUT2D eigenvalue weighted by molar-refractivity contribution is 6.28. The van der Waals surface area contributed by atoms with Gasteiger partial charge in [0.25, 0.3) is 0 Å². The Morgan fingerprint density at radius 3 is 2.89 bits per heavy atom. The van der Waals surface area contributed by atoms with Crippen molar-refractivity contribution in [2.24, 2.45) is 4.99 Å². The van der Waals surface area contributed by atoms with E-state index in [9.17, 15) is 0 Å². The van der Waals surface area contributed by atoms with Crippen LogP contribution in [0, 0.1) is 0 Å². The van der Waals surface area contributed by atoms with Crippen LogP contribution in [0.1, 0.15) is 37.8 Å². The Labute approximate surface area is 116 Å². The summed E-state index contributed by atoms with van der Waals surface area (Å²) >= 11 is 5.98. The van der Waals surface area contributed by atoms with E-state index in [-0.39, 0.29) is 5.54 Å². The topological polar surface area (TPSA) is 43.1 Å². The molecular weight excluding hydrogens is 260 g/mol. The fraction of sp³-hybridized carbons (Fsp3) is 0.500. The Morgan fingerprint density at radius 2 is 2.05 bits per heavy atom. The third-order valence-corrected chi connectivity index (χ3v) is 4.59. The number of nitrogens with zero attached hydrogens (tertiary/aromatic N) is 4. The van der Waals surface area contributed by atoms with Crippen molar-refractivity contribution in [3.05, 3.63) is 23.2 Å². The van der Waals surface area contributed by atoms with E-state index in [1.165, 1.54) is 32.1 Å². The van der Waals surface area contributed by atoms with E-state index in [1.54, 1.807) is 6.20 Å². The first-order valence-corrected chi connectivity index (χ1v) is 7.21. The molecule has 19 heavy (non-hydrogen) atoms. The maximum atomic E-state index is 5.98. The van der Waals surface area contributed by atoms with E-state index >= 15 is 0 Å². The molecule has 2 aromatic rings. The maximum absolute atomic E-state index is 5.98. The van der Waals surface area contributed by atoms with Gasteiger partial charge in [-0.3, -0.25) is 4.99 Å². The fourth-order valence-corrected chi connectivity index (χ4v) is 3.68. The highest BCUT2D eigenvalue weighted by Gasteiger charge is 2.38. The predicted octanol–water partition coefficient (Wildman–Crippen LogP) is 3.18. The Bertz CT molecular complexity index is 667. The lowest BCUT2D eigenvalue weighted by Crippen LogP contribution is -2.42. The van der Waals surface area contributed by atoms with Crippen molar-refractivity contribution >= 4 is 28.8 Å². The van der Waals surface area contributed by atoms with Gasteiger partial charge < -0.3 is 4.57 Å². The summed E-state index contributed by atoms with van der Waals surface area (Å²) in [7, 11) is 0. The summed E-state index contributed by atoms with van der Waals surface area (Å²) in [6.45, 7) is 0.866. The van der Waals surface area contributed by atoms with Gasteiger partial charge in [0.1, 0.15) is 5.65 Å². The first kappa shape index (κ1) is 11.4. The Kier molecular flexibility index (Phi) is 2.42. The van der Waals surface area contributed by atoms with Crippen molar-refractivity contribution in [3.8, 4) is 0 Å². The van der Waals surface area contributed by atoms with Gasteiger partial charge in [-0.25, -0.2) is 4.98 Å². The minimum atomic E-state index is 0.113. The molecule has 0 bridgehead atoms. The SMILES string of the molecule is Clc1ncc2cc3n(c2n1)C1(CCCCC1)CN=C3. The van der Waals surface area contributed by atoms with Gasteiger partial charge in [-0.2, -0.15) is 4.98 Å². The zero-order valence-corrected chi connectivity index (χ0v) is 11.4. The minimum absolute atomic E-state index is 0.113. The van der Waals surface area contributed by atoms with Crippen molar-refractivity contribution < 1.29 is 0 Å². The number of fused-ring (bicyclic) bond motifs is 4. The molecule has 1 spiro atoms. The van der Waals surface area contributed by atoms with Crippen LogP contribution in [-0.4, -0.2) is 27.3 Å². The molecule has 1 fully saturated rings. The van der Waals surface area contributed by atoms with Gasteiger partial charge in [-0.05, 0) is 30.5 Å². The summed E-state index contributed by atoms with van der Waals surface area (Å²) in [5, 5.41) is 1.37. The van der Waals surface area contributed by atoms with E-state index in [0.717, 1.165) is 23.3 Å². The molecule has 3 heterocycles. The second kappa shape index (κ2) is 4.04. The summed E-state index contributed by atoms with van der Waals surface area (Å²) in [5.41, 5.74) is 2.21. The van der Waals surface area contributed by atoms with Crippen molar-refractivity contribution in [3.63, 3.8) is 0 Å². The van der Waals surface area contributed by atoms with E-state index in [0.29, 0.717) is 5.28 Å². The molecule has 0 radical (unpaired) electrons. The van der Waals surface area contributed by atoms with Crippen LogP contribution in [0.2, 0.25) is 5.28 Å². The van der Waals surface area contributed by atoms with E-state index < -0.39 is 0 Å². The Balaban J connectivity index is 2.00. The van der Waals surface area contributed by atoms with Crippen LogP contribution in [0.15, 0.2) is 17.3 Å². The molecule has 0 unspecified atom stereocenters. The first-order valence-electron chi connectivity index (χ1n) is 6.83. The van der Waals surface area contributed by atoms with Gasteiger partial charge in [-0.1, -0.05) is 19.3 Å². The third kappa shape index (κ3) is 1.62. The quantitative estimate of drug-likeness (QED) is 0.693. The molecule has 5 heteroatoms. The van der Waals surface area contributed by atoms with Crippen molar-refractivity contribution in [1.29, 1.82) is 0 Å². The number of halogens is 1. The van der Waals surface area contributed by atoms with Crippen LogP contribution >= 0.6 is 11.6 Å². The normalized spacial score (nSPS) is 20.9. The van der Waals surface area contributed by atoms with Crippen LogP contribution in [0.4, 0.5) is 0 Å². The summed E-state index contributed by atoms with van der Waals surface area (Å²) in [4.78, 5) is 13.1. The highest BCUT2D eigenvalue weighted by atomic mass is 35.5. The second-order valence-electron chi connectivity index (χ2n) is 5.58. The third-order valence-electron chi connectivity index (χ3n) is 4.41. The first-order chi connectivity index (χ1) is 9.28. The van der Waals surface area contributed by atoms with Crippen LogP contribution in [-0.2, 0) is 5.54 Å². The molecule has 0 aromatic carbocycles. The van der Waals surface area contributed by atoms with Gasteiger partial charge in [0.15, 0.2) is 0 Å². The van der Waals surface area contributed by atoms with Gasteiger partial charge in [0, 0.05) is 17.8 Å². The van der Waals surface area contributed by atoms with Gasteiger partial charge in [-0.15, -0.1) is 0 Å². The van der Waals surface area contributed by atoms with Gasteiger partial charge in [0.05, 0.1) is 17.8 Å². The molecule has 0 atom stereocenters.